The summed E-state index contributed by atoms with van der Waals surface area (Å²) in [5.74, 6) is -0.228. The Morgan fingerprint density at radius 3 is 2.27 bits per heavy atom. The van der Waals surface area contributed by atoms with E-state index >= 15 is 0 Å². The lowest BCUT2D eigenvalue weighted by Gasteiger charge is -2.35. The molecule has 1 heterocycles. The van der Waals surface area contributed by atoms with Crippen LogP contribution in [0.3, 0.4) is 0 Å². The smallest absolute Gasteiger partial charge is 0.344 e. The lowest BCUT2D eigenvalue weighted by Crippen LogP contribution is -2.52. The van der Waals surface area contributed by atoms with Crippen LogP contribution in [0, 0.1) is 13.8 Å². The Morgan fingerprint density at radius 1 is 1.08 bits per heavy atom. The molecule has 26 heavy (non-hydrogen) atoms. The van der Waals surface area contributed by atoms with Crippen molar-refractivity contribution >= 4 is 17.8 Å². The molecule has 2 rings (SSSR count). The molecule has 1 aliphatic heterocycles. The average Bonchev–Trinajstić information content (AvgIpc) is 2.60. The molecule has 0 spiro atoms. The van der Waals surface area contributed by atoms with E-state index in [0.29, 0.717) is 31.9 Å². The van der Waals surface area contributed by atoms with Crippen LogP contribution in [0.4, 0.5) is 0 Å². The average molecular weight is 362 g/mol. The van der Waals surface area contributed by atoms with E-state index in [0.717, 1.165) is 11.1 Å². The normalized spacial score (nSPS) is 15.4. The summed E-state index contributed by atoms with van der Waals surface area (Å²) in [6, 6.07) is 5.68. The Labute approximate surface area is 153 Å². The molecule has 1 aromatic rings. The molecule has 0 saturated carbocycles. The number of nitrogens with zero attached hydrogens (tertiary/aromatic N) is 2. The third-order valence-electron chi connectivity index (χ3n) is 4.37. The molecule has 1 atom stereocenters. The van der Waals surface area contributed by atoms with Crippen LogP contribution < -0.4 is 4.74 Å². The molecule has 142 valence electrons. The number of hydrogen-bond donors (Lipinski definition) is 0. The van der Waals surface area contributed by atoms with Crippen LogP contribution in [0.1, 0.15) is 25.0 Å². The minimum absolute atomic E-state index is 0.000114. The summed E-state index contributed by atoms with van der Waals surface area (Å²) in [4.78, 5) is 39.0. The number of hydrogen-bond acceptors (Lipinski definition) is 5. The number of rotatable bonds is 5. The van der Waals surface area contributed by atoms with Gasteiger partial charge in [0.25, 0.3) is 5.91 Å². The largest absolute Gasteiger partial charge is 0.482 e. The zero-order valence-corrected chi connectivity index (χ0v) is 15.8. The lowest BCUT2D eigenvalue weighted by atomic mass is 10.1. The monoisotopic (exact) mass is 362 g/mol. The summed E-state index contributed by atoms with van der Waals surface area (Å²) in [7, 11) is 0. The zero-order chi connectivity index (χ0) is 19.3. The van der Waals surface area contributed by atoms with Gasteiger partial charge in [-0.05, 0) is 32.4 Å². The highest BCUT2D eigenvalue weighted by atomic mass is 16.6. The highest BCUT2D eigenvalue weighted by Gasteiger charge is 2.27. The summed E-state index contributed by atoms with van der Waals surface area (Å²) in [6.45, 7) is 8.58. The quantitative estimate of drug-likeness (QED) is 0.738. The van der Waals surface area contributed by atoms with Gasteiger partial charge < -0.3 is 19.3 Å². The van der Waals surface area contributed by atoms with Gasteiger partial charge in [-0.15, -0.1) is 0 Å². The van der Waals surface area contributed by atoms with Crippen molar-refractivity contribution in [3.8, 4) is 5.75 Å². The minimum Gasteiger partial charge on any atom is -0.482 e. The van der Waals surface area contributed by atoms with E-state index in [9.17, 15) is 14.4 Å². The highest BCUT2D eigenvalue weighted by molar-refractivity contribution is 5.84. The van der Waals surface area contributed by atoms with Gasteiger partial charge in [0.2, 0.25) is 5.91 Å². The first-order valence-electron chi connectivity index (χ1n) is 8.71. The molecule has 7 nitrogen and oxygen atoms in total. The highest BCUT2D eigenvalue weighted by Crippen LogP contribution is 2.18. The summed E-state index contributed by atoms with van der Waals surface area (Å²) in [6.07, 6.45) is -0.880. The Bertz CT molecular complexity index is 681. The van der Waals surface area contributed by atoms with Gasteiger partial charge in [0.15, 0.2) is 12.7 Å². The molecule has 1 aromatic carbocycles. The van der Waals surface area contributed by atoms with Gasteiger partial charge in [-0.25, -0.2) is 4.79 Å². The van der Waals surface area contributed by atoms with Gasteiger partial charge in [0.05, 0.1) is 0 Å². The number of aryl methyl sites for hydroxylation is 2. The first-order valence-corrected chi connectivity index (χ1v) is 8.71. The predicted molar refractivity (Wildman–Crippen MR) is 95.8 cm³/mol. The van der Waals surface area contributed by atoms with E-state index in [4.69, 9.17) is 9.47 Å². The maximum absolute atomic E-state index is 12.4. The van der Waals surface area contributed by atoms with Gasteiger partial charge in [-0.3, -0.25) is 9.59 Å². The third kappa shape index (κ3) is 5.21. The molecule has 0 radical (unpaired) electrons. The van der Waals surface area contributed by atoms with Crippen molar-refractivity contribution in [1.82, 2.24) is 9.80 Å². The van der Waals surface area contributed by atoms with Gasteiger partial charge in [-0.1, -0.05) is 17.7 Å². The molecule has 0 N–H and O–H groups in total. The van der Waals surface area contributed by atoms with Crippen molar-refractivity contribution in [2.24, 2.45) is 0 Å². The SMILES string of the molecule is CC(=O)N1CCN(C(=O)C(C)OC(=O)COc2ccc(C)cc2C)CC1. The maximum Gasteiger partial charge on any atom is 0.344 e. The Balaban J connectivity index is 1.79. The topological polar surface area (TPSA) is 76.2 Å². The van der Waals surface area contributed by atoms with Gasteiger partial charge >= 0.3 is 5.97 Å². The Kier molecular flexibility index (Phi) is 6.60. The van der Waals surface area contributed by atoms with Crippen LogP contribution in [0.25, 0.3) is 0 Å². The molecule has 1 saturated heterocycles. The van der Waals surface area contributed by atoms with E-state index in [2.05, 4.69) is 0 Å². The van der Waals surface area contributed by atoms with Crippen molar-refractivity contribution in [3.63, 3.8) is 0 Å². The fraction of sp³-hybridized carbons (Fsp3) is 0.526. The first kappa shape index (κ1) is 19.8. The molecular formula is C19H26N2O5. The molecule has 0 bridgehead atoms. The lowest BCUT2D eigenvalue weighted by molar-refractivity contribution is -0.161. The summed E-state index contributed by atoms with van der Waals surface area (Å²) in [5.41, 5.74) is 2.05. The van der Waals surface area contributed by atoms with Gasteiger partial charge in [0.1, 0.15) is 5.75 Å². The number of ether oxygens (including phenoxy) is 2. The molecule has 1 aliphatic rings. The standard InChI is InChI=1S/C19H26N2O5/c1-13-5-6-17(14(2)11-13)25-12-18(23)26-15(3)19(24)21-9-7-20(8-10-21)16(4)22/h5-6,11,15H,7-10,12H2,1-4H3. The van der Waals surface area contributed by atoms with E-state index in [1.165, 1.54) is 6.92 Å². The van der Waals surface area contributed by atoms with Crippen LogP contribution in [-0.2, 0) is 19.1 Å². The van der Waals surface area contributed by atoms with Crippen LogP contribution in [0.15, 0.2) is 18.2 Å². The molecule has 0 aromatic heterocycles. The summed E-state index contributed by atoms with van der Waals surface area (Å²) >= 11 is 0. The molecular weight excluding hydrogens is 336 g/mol. The second-order valence-corrected chi connectivity index (χ2v) is 6.52. The van der Waals surface area contributed by atoms with Crippen LogP contribution >= 0.6 is 0 Å². The predicted octanol–water partition coefficient (Wildman–Crippen LogP) is 1.30. The van der Waals surface area contributed by atoms with Crippen molar-refractivity contribution in [2.75, 3.05) is 32.8 Å². The molecule has 2 amide bonds. The molecule has 1 fully saturated rings. The van der Waals surface area contributed by atoms with E-state index in [1.54, 1.807) is 22.8 Å². The number of benzene rings is 1. The van der Waals surface area contributed by atoms with Crippen LogP contribution in [0.5, 0.6) is 5.75 Å². The fourth-order valence-electron chi connectivity index (χ4n) is 2.88. The second kappa shape index (κ2) is 8.69. The fourth-order valence-corrected chi connectivity index (χ4v) is 2.88. The van der Waals surface area contributed by atoms with Crippen LogP contribution in [-0.4, -0.2) is 66.5 Å². The molecule has 0 aliphatic carbocycles. The minimum atomic E-state index is -0.880. The van der Waals surface area contributed by atoms with E-state index < -0.39 is 12.1 Å². The Hall–Kier alpha value is -2.57. The number of piperazine rings is 1. The third-order valence-corrected chi connectivity index (χ3v) is 4.37. The number of carbonyl (C=O) groups excluding carboxylic acids is 3. The van der Waals surface area contributed by atoms with Crippen molar-refractivity contribution in [2.45, 2.75) is 33.8 Å². The molecule has 1 unspecified atom stereocenters. The number of esters is 1. The van der Waals surface area contributed by atoms with Crippen molar-refractivity contribution in [1.29, 1.82) is 0 Å². The van der Waals surface area contributed by atoms with Crippen molar-refractivity contribution < 1.29 is 23.9 Å². The first-order chi connectivity index (χ1) is 12.3. The van der Waals surface area contributed by atoms with E-state index in [1.807, 2.05) is 26.0 Å². The maximum atomic E-state index is 12.4. The number of carbonyl (C=O) groups is 3. The second-order valence-electron chi connectivity index (χ2n) is 6.52. The van der Waals surface area contributed by atoms with E-state index in [-0.39, 0.29) is 18.4 Å². The summed E-state index contributed by atoms with van der Waals surface area (Å²) in [5, 5.41) is 0. The summed E-state index contributed by atoms with van der Waals surface area (Å²) < 4.78 is 10.7. The van der Waals surface area contributed by atoms with Crippen molar-refractivity contribution in [3.05, 3.63) is 29.3 Å². The molecule has 7 heteroatoms. The zero-order valence-electron chi connectivity index (χ0n) is 15.8. The Morgan fingerprint density at radius 2 is 1.69 bits per heavy atom. The van der Waals surface area contributed by atoms with Gasteiger partial charge in [0, 0.05) is 33.1 Å². The van der Waals surface area contributed by atoms with Crippen LogP contribution in [0.2, 0.25) is 0 Å². The van der Waals surface area contributed by atoms with Gasteiger partial charge in [-0.2, -0.15) is 0 Å². The number of amides is 2.